The molecule has 1 aromatic rings. The SMILES string of the molecule is Cc1nc(CNCC(O)C(C)C)sc1C. The van der Waals surface area contributed by atoms with Gasteiger partial charge in [-0.2, -0.15) is 0 Å². The third-order valence-corrected chi connectivity index (χ3v) is 3.54. The summed E-state index contributed by atoms with van der Waals surface area (Å²) < 4.78 is 0. The van der Waals surface area contributed by atoms with Crippen LogP contribution in [-0.2, 0) is 6.54 Å². The molecule has 3 nitrogen and oxygen atoms in total. The van der Waals surface area contributed by atoms with E-state index in [0.29, 0.717) is 12.5 Å². The average Bonchev–Trinajstić information content (AvgIpc) is 2.46. The first-order valence-electron chi connectivity index (χ1n) is 5.32. The van der Waals surface area contributed by atoms with E-state index in [1.165, 1.54) is 4.88 Å². The number of nitrogens with one attached hydrogen (secondary N) is 1. The second-order valence-corrected chi connectivity index (χ2v) is 5.48. The molecule has 1 heterocycles. The second kappa shape index (κ2) is 5.58. The Morgan fingerprint density at radius 1 is 1.40 bits per heavy atom. The van der Waals surface area contributed by atoms with Gasteiger partial charge in [0.1, 0.15) is 5.01 Å². The molecule has 0 saturated heterocycles. The van der Waals surface area contributed by atoms with E-state index in [9.17, 15) is 5.11 Å². The van der Waals surface area contributed by atoms with Crippen LogP contribution in [0.1, 0.15) is 29.4 Å². The van der Waals surface area contributed by atoms with Crippen molar-refractivity contribution in [3.05, 3.63) is 15.6 Å². The zero-order chi connectivity index (χ0) is 11.4. The van der Waals surface area contributed by atoms with Crippen LogP contribution in [0.5, 0.6) is 0 Å². The average molecular weight is 228 g/mol. The van der Waals surface area contributed by atoms with Crippen molar-refractivity contribution in [3.63, 3.8) is 0 Å². The molecule has 0 bridgehead atoms. The Labute approximate surface area is 95.6 Å². The summed E-state index contributed by atoms with van der Waals surface area (Å²) in [6.45, 7) is 9.53. The number of aryl methyl sites for hydroxylation is 2. The summed E-state index contributed by atoms with van der Waals surface area (Å²) in [4.78, 5) is 5.70. The molecule has 1 atom stereocenters. The molecule has 15 heavy (non-hydrogen) atoms. The van der Waals surface area contributed by atoms with Crippen LogP contribution < -0.4 is 5.32 Å². The van der Waals surface area contributed by atoms with Gasteiger partial charge >= 0.3 is 0 Å². The summed E-state index contributed by atoms with van der Waals surface area (Å²) in [5.74, 6) is 0.303. The minimum absolute atomic E-state index is 0.271. The lowest BCUT2D eigenvalue weighted by molar-refractivity contribution is 0.123. The van der Waals surface area contributed by atoms with E-state index >= 15 is 0 Å². The van der Waals surface area contributed by atoms with Crippen molar-refractivity contribution in [2.75, 3.05) is 6.54 Å². The first-order chi connectivity index (χ1) is 7.00. The number of nitrogens with zero attached hydrogens (tertiary/aromatic N) is 1. The second-order valence-electron chi connectivity index (χ2n) is 4.19. The number of hydrogen-bond donors (Lipinski definition) is 2. The Bertz CT molecular complexity index is 290. The van der Waals surface area contributed by atoms with Gasteiger partial charge in [0.2, 0.25) is 0 Å². The van der Waals surface area contributed by atoms with Crippen LogP contribution in [-0.4, -0.2) is 22.7 Å². The number of rotatable bonds is 5. The summed E-state index contributed by atoms with van der Waals surface area (Å²) in [5.41, 5.74) is 1.11. The molecule has 0 aliphatic carbocycles. The molecule has 0 fully saturated rings. The van der Waals surface area contributed by atoms with Crippen LogP contribution in [0, 0.1) is 19.8 Å². The molecular formula is C11H20N2OS. The third kappa shape index (κ3) is 3.89. The largest absolute Gasteiger partial charge is 0.392 e. The van der Waals surface area contributed by atoms with Gasteiger partial charge in [-0.3, -0.25) is 0 Å². The monoisotopic (exact) mass is 228 g/mol. The van der Waals surface area contributed by atoms with Crippen LogP contribution in [0.3, 0.4) is 0 Å². The first kappa shape index (κ1) is 12.6. The fraction of sp³-hybridized carbons (Fsp3) is 0.727. The summed E-state index contributed by atoms with van der Waals surface area (Å²) in [7, 11) is 0. The molecule has 1 aromatic heterocycles. The molecule has 0 amide bonds. The van der Waals surface area contributed by atoms with E-state index in [0.717, 1.165) is 17.2 Å². The zero-order valence-corrected chi connectivity index (χ0v) is 10.7. The van der Waals surface area contributed by atoms with Gasteiger partial charge in [-0.25, -0.2) is 4.98 Å². The molecule has 0 aliphatic heterocycles. The molecule has 4 heteroatoms. The van der Waals surface area contributed by atoms with Gasteiger partial charge in [0.25, 0.3) is 0 Å². The number of hydrogen-bond acceptors (Lipinski definition) is 4. The van der Waals surface area contributed by atoms with Crippen molar-refractivity contribution >= 4 is 11.3 Å². The predicted molar refractivity (Wildman–Crippen MR) is 64.1 cm³/mol. The normalized spacial score (nSPS) is 13.5. The van der Waals surface area contributed by atoms with Crippen LogP contribution in [0.15, 0.2) is 0 Å². The minimum atomic E-state index is -0.271. The van der Waals surface area contributed by atoms with E-state index in [-0.39, 0.29) is 6.10 Å². The van der Waals surface area contributed by atoms with Crippen molar-refractivity contribution in [3.8, 4) is 0 Å². The molecule has 1 unspecified atom stereocenters. The predicted octanol–water partition coefficient (Wildman–Crippen LogP) is 1.87. The Kier molecular flexibility index (Phi) is 4.70. The lowest BCUT2D eigenvalue weighted by atomic mass is 10.1. The molecule has 0 spiro atoms. The Hall–Kier alpha value is -0.450. The smallest absolute Gasteiger partial charge is 0.107 e. The van der Waals surface area contributed by atoms with Gasteiger partial charge in [0.15, 0.2) is 0 Å². The minimum Gasteiger partial charge on any atom is -0.392 e. The standard InChI is InChI=1S/C11H20N2OS/c1-7(2)10(14)5-12-6-11-13-8(3)9(4)15-11/h7,10,12,14H,5-6H2,1-4H3. The highest BCUT2D eigenvalue weighted by atomic mass is 32.1. The van der Waals surface area contributed by atoms with E-state index in [4.69, 9.17) is 0 Å². The van der Waals surface area contributed by atoms with E-state index < -0.39 is 0 Å². The van der Waals surface area contributed by atoms with Crippen LogP contribution in [0.2, 0.25) is 0 Å². The highest BCUT2D eigenvalue weighted by Crippen LogP contribution is 2.15. The molecular weight excluding hydrogens is 208 g/mol. The molecule has 0 radical (unpaired) electrons. The molecule has 1 rings (SSSR count). The van der Waals surface area contributed by atoms with E-state index in [2.05, 4.69) is 17.2 Å². The van der Waals surface area contributed by atoms with Crippen LogP contribution in [0.4, 0.5) is 0 Å². The lowest BCUT2D eigenvalue weighted by Crippen LogP contribution is -2.30. The molecule has 0 aromatic carbocycles. The fourth-order valence-corrected chi connectivity index (χ4v) is 2.08. The van der Waals surface area contributed by atoms with Crippen LogP contribution >= 0.6 is 11.3 Å². The van der Waals surface area contributed by atoms with Gasteiger partial charge < -0.3 is 10.4 Å². The third-order valence-electron chi connectivity index (χ3n) is 2.47. The van der Waals surface area contributed by atoms with Gasteiger partial charge in [-0.1, -0.05) is 13.8 Å². The van der Waals surface area contributed by atoms with Crippen molar-refractivity contribution in [1.82, 2.24) is 10.3 Å². The van der Waals surface area contributed by atoms with E-state index in [1.807, 2.05) is 20.8 Å². The van der Waals surface area contributed by atoms with Gasteiger partial charge in [-0.05, 0) is 19.8 Å². The first-order valence-corrected chi connectivity index (χ1v) is 6.14. The Morgan fingerprint density at radius 2 is 2.07 bits per heavy atom. The summed E-state index contributed by atoms with van der Waals surface area (Å²) in [6, 6.07) is 0. The Balaban J connectivity index is 2.32. The van der Waals surface area contributed by atoms with Crippen molar-refractivity contribution in [1.29, 1.82) is 0 Å². The molecule has 86 valence electrons. The number of aromatic nitrogens is 1. The molecule has 0 saturated carbocycles. The van der Waals surface area contributed by atoms with Crippen molar-refractivity contribution in [2.24, 2.45) is 5.92 Å². The molecule has 2 N–H and O–H groups in total. The number of aliphatic hydroxyl groups excluding tert-OH is 1. The van der Waals surface area contributed by atoms with E-state index in [1.54, 1.807) is 11.3 Å². The summed E-state index contributed by atoms with van der Waals surface area (Å²) in [6.07, 6.45) is -0.271. The lowest BCUT2D eigenvalue weighted by Gasteiger charge is -2.14. The number of aliphatic hydroxyl groups is 1. The van der Waals surface area contributed by atoms with Crippen LogP contribution in [0.25, 0.3) is 0 Å². The van der Waals surface area contributed by atoms with Gasteiger partial charge in [-0.15, -0.1) is 11.3 Å². The Morgan fingerprint density at radius 3 is 2.53 bits per heavy atom. The summed E-state index contributed by atoms with van der Waals surface area (Å²) >= 11 is 1.72. The van der Waals surface area contributed by atoms with Gasteiger partial charge in [0.05, 0.1) is 11.8 Å². The number of thiazole rings is 1. The van der Waals surface area contributed by atoms with Gasteiger partial charge in [0, 0.05) is 18.0 Å². The van der Waals surface area contributed by atoms with Crippen molar-refractivity contribution in [2.45, 2.75) is 40.3 Å². The maximum absolute atomic E-state index is 9.58. The molecule has 0 aliphatic rings. The maximum Gasteiger partial charge on any atom is 0.107 e. The quantitative estimate of drug-likeness (QED) is 0.808. The summed E-state index contributed by atoms with van der Waals surface area (Å²) in [5, 5.41) is 13.9. The maximum atomic E-state index is 9.58. The van der Waals surface area contributed by atoms with Crippen molar-refractivity contribution < 1.29 is 5.11 Å². The highest BCUT2D eigenvalue weighted by Gasteiger charge is 2.09. The zero-order valence-electron chi connectivity index (χ0n) is 9.87. The topological polar surface area (TPSA) is 45.2 Å². The highest BCUT2D eigenvalue weighted by molar-refractivity contribution is 7.11. The fourth-order valence-electron chi connectivity index (χ4n) is 1.18.